The molecule has 2 aromatic rings. The Kier molecular flexibility index (Phi) is 6.49. The van der Waals surface area contributed by atoms with Crippen molar-refractivity contribution in [1.29, 1.82) is 0 Å². The number of hydrogen-bond acceptors (Lipinski definition) is 4. The Balaban J connectivity index is 1.99. The van der Waals surface area contributed by atoms with E-state index in [2.05, 4.69) is 35.2 Å². The molecule has 0 radical (unpaired) electrons. The molecule has 0 saturated carbocycles. The molecule has 0 saturated heterocycles. The predicted octanol–water partition coefficient (Wildman–Crippen LogP) is 2.53. The van der Waals surface area contributed by atoms with E-state index < -0.39 is 0 Å². The second-order valence-corrected chi connectivity index (χ2v) is 5.81. The molecule has 0 spiro atoms. The number of aryl methyl sites for hydroxylation is 2. The zero-order valence-corrected chi connectivity index (χ0v) is 13.5. The minimum absolute atomic E-state index is 0.375. The standard InChI is InChI=1S/C18H26N4/c1-14-10-15(2)18(22-12-14)11-16(7-5-8-19)21-13-17-6-3-4-9-20-17/h3-4,6,9-10,12,16,21H,5,7-8,11,13,19H2,1-2H3. The summed E-state index contributed by atoms with van der Waals surface area (Å²) in [5, 5.41) is 3.60. The van der Waals surface area contributed by atoms with Crippen molar-refractivity contribution in [2.24, 2.45) is 5.73 Å². The van der Waals surface area contributed by atoms with Gasteiger partial charge in [0.2, 0.25) is 0 Å². The first-order valence-corrected chi connectivity index (χ1v) is 7.94. The summed E-state index contributed by atoms with van der Waals surface area (Å²) in [6.07, 6.45) is 6.78. The van der Waals surface area contributed by atoms with Crippen molar-refractivity contribution in [3.05, 3.63) is 59.2 Å². The monoisotopic (exact) mass is 298 g/mol. The maximum Gasteiger partial charge on any atom is 0.0541 e. The van der Waals surface area contributed by atoms with Crippen molar-refractivity contribution in [2.45, 2.75) is 45.7 Å². The molecule has 0 aliphatic rings. The molecule has 0 aromatic carbocycles. The van der Waals surface area contributed by atoms with Crippen molar-refractivity contribution in [3.63, 3.8) is 0 Å². The molecule has 4 heteroatoms. The molecule has 0 amide bonds. The van der Waals surface area contributed by atoms with Crippen LogP contribution in [0.1, 0.15) is 35.4 Å². The van der Waals surface area contributed by atoms with Gasteiger partial charge in [-0.3, -0.25) is 9.97 Å². The highest BCUT2D eigenvalue weighted by atomic mass is 14.9. The summed E-state index contributed by atoms with van der Waals surface area (Å²) < 4.78 is 0. The fourth-order valence-corrected chi connectivity index (χ4v) is 2.58. The average Bonchev–Trinajstić information content (AvgIpc) is 2.53. The summed E-state index contributed by atoms with van der Waals surface area (Å²) in [4.78, 5) is 8.96. The molecule has 0 aliphatic heterocycles. The lowest BCUT2D eigenvalue weighted by Crippen LogP contribution is -2.32. The highest BCUT2D eigenvalue weighted by Crippen LogP contribution is 2.12. The Labute approximate surface area is 133 Å². The summed E-state index contributed by atoms with van der Waals surface area (Å²) in [6.45, 7) is 5.71. The smallest absolute Gasteiger partial charge is 0.0541 e. The van der Waals surface area contributed by atoms with Crippen LogP contribution in [0.5, 0.6) is 0 Å². The van der Waals surface area contributed by atoms with Crippen LogP contribution in [-0.4, -0.2) is 22.6 Å². The van der Waals surface area contributed by atoms with Crippen molar-refractivity contribution < 1.29 is 0 Å². The average molecular weight is 298 g/mol. The lowest BCUT2D eigenvalue weighted by atomic mass is 10.0. The topological polar surface area (TPSA) is 63.8 Å². The third kappa shape index (κ3) is 5.20. The molecule has 0 fully saturated rings. The van der Waals surface area contributed by atoms with Crippen LogP contribution >= 0.6 is 0 Å². The van der Waals surface area contributed by atoms with Crippen molar-refractivity contribution in [2.75, 3.05) is 6.54 Å². The van der Waals surface area contributed by atoms with Gasteiger partial charge in [-0.15, -0.1) is 0 Å². The first-order valence-electron chi connectivity index (χ1n) is 7.94. The second kappa shape index (κ2) is 8.61. The summed E-state index contributed by atoms with van der Waals surface area (Å²) in [7, 11) is 0. The van der Waals surface area contributed by atoms with Crippen LogP contribution < -0.4 is 11.1 Å². The van der Waals surface area contributed by atoms with Crippen LogP contribution in [0.3, 0.4) is 0 Å². The summed E-state index contributed by atoms with van der Waals surface area (Å²) in [6, 6.07) is 8.57. The zero-order valence-electron chi connectivity index (χ0n) is 13.5. The van der Waals surface area contributed by atoms with Gasteiger partial charge in [-0.1, -0.05) is 12.1 Å². The number of nitrogens with one attached hydrogen (secondary N) is 1. The Morgan fingerprint density at radius 2 is 2.09 bits per heavy atom. The SMILES string of the molecule is Cc1cnc(CC(CCCN)NCc2ccccn2)c(C)c1. The van der Waals surface area contributed by atoms with Gasteiger partial charge in [0.15, 0.2) is 0 Å². The molecular formula is C18H26N4. The number of aromatic nitrogens is 2. The first-order chi connectivity index (χ1) is 10.7. The summed E-state index contributed by atoms with van der Waals surface area (Å²) in [5.41, 5.74) is 10.4. The Hall–Kier alpha value is -1.78. The zero-order chi connectivity index (χ0) is 15.8. The predicted molar refractivity (Wildman–Crippen MR) is 90.6 cm³/mol. The van der Waals surface area contributed by atoms with E-state index in [0.29, 0.717) is 6.04 Å². The molecular weight excluding hydrogens is 272 g/mol. The van der Waals surface area contributed by atoms with E-state index in [4.69, 9.17) is 5.73 Å². The quantitative estimate of drug-likeness (QED) is 0.786. The normalized spacial score (nSPS) is 12.3. The molecule has 1 atom stereocenters. The molecule has 2 aromatic heterocycles. The molecule has 4 nitrogen and oxygen atoms in total. The van der Waals surface area contributed by atoms with E-state index >= 15 is 0 Å². The molecule has 118 valence electrons. The van der Waals surface area contributed by atoms with Crippen molar-refractivity contribution in [1.82, 2.24) is 15.3 Å². The third-order valence-corrected chi connectivity index (χ3v) is 3.82. The molecule has 0 bridgehead atoms. The lowest BCUT2D eigenvalue weighted by molar-refractivity contribution is 0.458. The van der Waals surface area contributed by atoms with Crippen LogP contribution in [0.4, 0.5) is 0 Å². The fraction of sp³-hybridized carbons (Fsp3) is 0.444. The van der Waals surface area contributed by atoms with Gasteiger partial charge in [0.05, 0.1) is 5.69 Å². The van der Waals surface area contributed by atoms with Gasteiger partial charge in [0.25, 0.3) is 0 Å². The van der Waals surface area contributed by atoms with Gasteiger partial charge >= 0.3 is 0 Å². The minimum Gasteiger partial charge on any atom is -0.330 e. The maximum atomic E-state index is 5.67. The highest BCUT2D eigenvalue weighted by Gasteiger charge is 2.12. The van der Waals surface area contributed by atoms with Gasteiger partial charge in [0, 0.05) is 37.1 Å². The van der Waals surface area contributed by atoms with Gasteiger partial charge in [-0.2, -0.15) is 0 Å². The summed E-state index contributed by atoms with van der Waals surface area (Å²) >= 11 is 0. The van der Waals surface area contributed by atoms with E-state index in [9.17, 15) is 0 Å². The molecule has 2 heterocycles. The maximum absolute atomic E-state index is 5.67. The van der Waals surface area contributed by atoms with E-state index in [-0.39, 0.29) is 0 Å². The van der Waals surface area contributed by atoms with Crippen LogP contribution in [0.15, 0.2) is 36.7 Å². The van der Waals surface area contributed by atoms with E-state index in [1.165, 1.54) is 16.8 Å². The lowest BCUT2D eigenvalue weighted by Gasteiger charge is -2.19. The molecule has 1 unspecified atom stereocenters. The number of rotatable bonds is 8. The van der Waals surface area contributed by atoms with Crippen LogP contribution in [0, 0.1) is 13.8 Å². The number of nitrogens with two attached hydrogens (primary N) is 1. The Morgan fingerprint density at radius 1 is 1.23 bits per heavy atom. The van der Waals surface area contributed by atoms with Crippen LogP contribution in [0.25, 0.3) is 0 Å². The molecule has 0 aliphatic carbocycles. The second-order valence-electron chi connectivity index (χ2n) is 5.81. The van der Waals surface area contributed by atoms with E-state index in [1.54, 1.807) is 0 Å². The van der Waals surface area contributed by atoms with Gasteiger partial charge in [-0.25, -0.2) is 0 Å². The first kappa shape index (κ1) is 16.6. The number of nitrogens with zero attached hydrogens (tertiary/aromatic N) is 2. The Bertz CT molecular complexity index is 569. The Morgan fingerprint density at radius 3 is 2.77 bits per heavy atom. The van der Waals surface area contributed by atoms with Gasteiger partial charge in [0.1, 0.15) is 0 Å². The van der Waals surface area contributed by atoms with E-state index in [1.807, 2.05) is 30.6 Å². The highest BCUT2D eigenvalue weighted by molar-refractivity contribution is 5.23. The van der Waals surface area contributed by atoms with Crippen LogP contribution in [-0.2, 0) is 13.0 Å². The molecule has 22 heavy (non-hydrogen) atoms. The van der Waals surface area contributed by atoms with Gasteiger partial charge in [-0.05, 0) is 56.5 Å². The van der Waals surface area contributed by atoms with Crippen molar-refractivity contribution >= 4 is 0 Å². The van der Waals surface area contributed by atoms with Gasteiger partial charge < -0.3 is 11.1 Å². The number of pyridine rings is 2. The van der Waals surface area contributed by atoms with Crippen molar-refractivity contribution in [3.8, 4) is 0 Å². The minimum atomic E-state index is 0.375. The summed E-state index contributed by atoms with van der Waals surface area (Å²) in [5.74, 6) is 0. The molecule has 3 N–H and O–H groups in total. The fourth-order valence-electron chi connectivity index (χ4n) is 2.58. The van der Waals surface area contributed by atoms with Crippen LogP contribution in [0.2, 0.25) is 0 Å². The number of hydrogen-bond donors (Lipinski definition) is 2. The van der Waals surface area contributed by atoms with E-state index in [0.717, 1.165) is 38.0 Å². The largest absolute Gasteiger partial charge is 0.330 e. The molecule has 2 rings (SSSR count). The third-order valence-electron chi connectivity index (χ3n) is 3.82.